The second-order valence-corrected chi connectivity index (χ2v) is 7.54. The van der Waals surface area contributed by atoms with Crippen LogP contribution in [0.3, 0.4) is 0 Å². The Morgan fingerprint density at radius 2 is 1.93 bits per heavy atom. The van der Waals surface area contributed by atoms with Crippen molar-refractivity contribution in [3.63, 3.8) is 0 Å². The van der Waals surface area contributed by atoms with Crippen LogP contribution >= 0.6 is 0 Å². The van der Waals surface area contributed by atoms with Crippen molar-refractivity contribution >= 4 is 5.91 Å². The van der Waals surface area contributed by atoms with Crippen molar-refractivity contribution in [3.05, 3.63) is 70.8 Å². The molecule has 2 atom stereocenters. The molecule has 1 fully saturated rings. The van der Waals surface area contributed by atoms with Gasteiger partial charge in [-0.3, -0.25) is 4.79 Å². The van der Waals surface area contributed by atoms with Gasteiger partial charge in [-0.2, -0.15) is 0 Å². The van der Waals surface area contributed by atoms with E-state index in [1.165, 1.54) is 19.1 Å². The quantitative estimate of drug-likeness (QED) is 0.599. The Kier molecular flexibility index (Phi) is 6.31. The highest BCUT2D eigenvalue weighted by molar-refractivity contribution is 5.73. The SMILES string of the molecule is C#Cc1cccc(C2(NC[C@H](O)[C@H](Cc3cc(F)cc(F)c3)NC(C)=O)CC2)c1. The zero-order valence-electron chi connectivity index (χ0n) is 16.2. The number of terminal acetylenes is 1. The van der Waals surface area contributed by atoms with E-state index in [1.54, 1.807) is 0 Å². The molecule has 0 unspecified atom stereocenters. The fourth-order valence-electron chi connectivity index (χ4n) is 3.57. The minimum atomic E-state index is -0.946. The number of carbonyl (C=O) groups is 1. The van der Waals surface area contributed by atoms with Gasteiger partial charge in [0.05, 0.1) is 12.1 Å². The number of rotatable bonds is 8. The van der Waals surface area contributed by atoms with Gasteiger partial charge in [0.15, 0.2) is 0 Å². The van der Waals surface area contributed by atoms with E-state index in [4.69, 9.17) is 6.42 Å². The lowest BCUT2D eigenvalue weighted by atomic mass is 9.98. The molecule has 6 heteroatoms. The van der Waals surface area contributed by atoms with Crippen LogP contribution < -0.4 is 10.6 Å². The predicted molar refractivity (Wildman–Crippen MR) is 107 cm³/mol. The molecule has 4 nitrogen and oxygen atoms in total. The summed E-state index contributed by atoms with van der Waals surface area (Å²) in [5, 5.41) is 16.8. The van der Waals surface area contributed by atoms with Gasteiger partial charge in [-0.1, -0.05) is 18.1 Å². The number of nitrogens with one attached hydrogen (secondary N) is 2. The summed E-state index contributed by atoms with van der Waals surface area (Å²) in [4.78, 5) is 11.6. The maximum absolute atomic E-state index is 13.5. The van der Waals surface area contributed by atoms with Crippen LogP contribution in [0.4, 0.5) is 8.78 Å². The molecule has 3 rings (SSSR count). The molecule has 0 bridgehead atoms. The zero-order valence-corrected chi connectivity index (χ0v) is 16.2. The standard InChI is InChI=1S/C23H24F2N2O2/c1-3-16-5-4-6-18(9-16)23(7-8-23)26-14-22(29)21(27-15(2)28)12-17-10-19(24)13-20(25)11-17/h1,4-6,9-11,13,21-22,26,29H,7-8,12,14H2,2H3,(H,27,28)/t21-,22-/m0/s1. The first-order valence-corrected chi connectivity index (χ1v) is 9.54. The molecule has 1 aliphatic carbocycles. The van der Waals surface area contributed by atoms with Gasteiger partial charge in [-0.15, -0.1) is 6.42 Å². The van der Waals surface area contributed by atoms with Gasteiger partial charge in [-0.25, -0.2) is 8.78 Å². The van der Waals surface area contributed by atoms with E-state index >= 15 is 0 Å². The number of amides is 1. The summed E-state index contributed by atoms with van der Waals surface area (Å²) in [6, 6.07) is 10.2. The fourth-order valence-corrected chi connectivity index (χ4v) is 3.57. The summed E-state index contributed by atoms with van der Waals surface area (Å²) < 4.78 is 27.0. The minimum absolute atomic E-state index is 0.108. The summed E-state index contributed by atoms with van der Waals surface area (Å²) in [5.74, 6) is 0.907. The molecule has 3 N–H and O–H groups in total. The molecule has 0 aromatic heterocycles. The molecule has 152 valence electrons. The average molecular weight is 398 g/mol. The number of hydrogen-bond acceptors (Lipinski definition) is 3. The predicted octanol–water partition coefficient (Wildman–Crippen LogP) is 2.63. The molecule has 29 heavy (non-hydrogen) atoms. The van der Waals surface area contributed by atoms with Crippen molar-refractivity contribution in [2.24, 2.45) is 0 Å². The van der Waals surface area contributed by atoms with E-state index in [9.17, 15) is 18.7 Å². The molecule has 0 saturated heterocycles. The van der Waals surface area contributed by atoms with Gasteiger partial charge in [0.25, 0.3) is 0 Å². The summed E-state index contributed by atoms with van der Waals surface area (Å²) in [6.45, 7) is 1.55. The number of carbonyl (C=O) groups excluding carboxylic acids is 1. The third-order valence-electron chi connectivity index (χ3n) is 5.21. The second kappa shape index (κ2) is 8.73. The number of benzene rings is 2. The molecule has 0 radical (unpaired) electrons. The van der Waals surface area contributed by atoms with Crippen LogP contribution in [0, 0.1) is 24.0 Å². The number of aliphatic hydroxyl groups is 1. The van der Waals surface area contributed by atoms with E-state index in [0.29, 0.717) is 5.56 Å². The monoisotopic (exact) mass is 398 g/mol. The van der Waals surface area contributed by atoms with Crippen LogP contribution in [-0.4, -0.2) is 29.7 Å². The lowest BCUT2D eigenvalue weighted by Gasteiger charge is -2.27. The Balaban J connectivity index is 1.69. The highest BCUT2D eigenvalue weighted by atomic mass is 19.1. The minimum Gasteiger partial charge on any atom is -0.390 e. The molecule has 0 heterocycles. The lowest BCUT2D eigenvalue weighted by Crippen LogP contribution is -2.49. The maximum Gasteiger partial charge on any atom is 0.217 e. The van der Waals surface area contributed by atoms with Crippen LogP contribution in [0.25, 0.3) is 0 Å². The molecule has 1 aliphatic rings. The molecule has 0 aliphatic heterocycles. The summed E-state index contributed by atoms with van der Waals surface area (Å²) in [6.07, 6.45) is 6.46. The van der Waals surface area contributed by atoms with Crippen LogP contribution in [0.1, 0.15) is 36.5 Å². The number of aliphatic hydroxyl groups excluding tert-OH is 1. The van der Waals surface area contributed by atoms with Gasteiger partial charge >= 0.3 is 0 Å². The van der Waals surface area contributed by atoms with E-state index in [0.717, 1.165) is 30.0 Å². The Bertz CT molecular complexity index is 914. The van der Waals surface area contributed by atoms with Crippen molar-refractivity contribution in [2.75, 3.05) is 6.54 Å². The Hall–Kier alpha value is -2.75. The molecule has 2 aromatic rings. The highest BCUT2D eigenvalue weighted by Gasteiger charge is 2.44. The third kappa shape index (κ3) is 5.41. The largest absolute Gasteiger partial charge is 0.390 e. The summed E-state index contributed by atoms with van der Waals surface area (Å²) >= 11 is 0. The van der Waals surface area contributed by atoms with Crippen LogP contribution in [-0.2, 0) is 16.8 Å². The van der Waals surface area contributed by atoms with Crippen molar-refractivity contribution in [1.29, 1.82) is 0 Å². The van der Waals surface area contributed by atoms with Crippen molar-refractivity contribution in [2.45, 2.75) is 43.9 Å². The van der Waals surface area contributed by atoms with Crippen molar-refractivity contribution in [1.82, 2.24) is 10.6 Å². The van der Waals surface area contributed by atoms with Crippen LogP contribution in [0.5, 0.6) is 0 Å². The van der Waals surface area contributed by atoms with Crippen molar-refractivity contribution < 1.29 is 18.7 Å². The maximum atomic E-state index is 13.5. The van der Waals surface area contributed by atoms with Gasteiger partial charge in [-0.05, 0) is 54.7 Å². The first-order valence-electron chi connectivity index (χ1n) is 9.54. The Morgan fingerprint density at radius 3 is 2.52 bits per heavy atom. The zero-order chi connectivity index (χ0) is 21.0. The van der Waals surface area contributed by atoms with E-state index in [-0.39, 0.29) is 24.4 Å². The van der Waals surface area contributed by atoms with Gasteiger partial charge in [0, 0.05) is 30.6 Å². The Morgan fingerprint density at radius 1 is 1.24 bits per heavy atom. The number of halogens is 2. The first kappa shape index (κ1) is 21.0. The van der Waals surface area contributed by atoms with E-state index in [2.05, 4.69) is 16.6 Å². The fraction of sp³-hybridized carbons (Fsp3) is 0.348. The topological polar surface area (TPSA) is 61.4 Å². The molecular formula is C23H24F2N2O2. The summed E-state index contributed by atoms with van der Waals surface area (Å²) in [7, 11) is 0. The molecular weight excluding hydrogens is 374 g/mol. The normalized spacial score (nSPS) is 16.5. The van der Waals surface area contributed by atoms with Crippen LogP contribution in [0.2, 0.25) is 0 Å². The van der Waals surface area contributed by atoms with Crippen molar-refractivity contribution in [3.8, 4) is 12.3 Å². The smallest absolute Gasteiger partial charge is 0.217 e. The molecule has 2 aromatic carbocycles. The Labute approximate surface area is 169 Å². The summed E-state index contributed by atoms with van der Waals surface area (Å²) in [5.41, 5.74) is 1.96. The second-order valence-electron chi connectivity index (χ2n) is 7.54. The van der Waals surface area contributed by atoms with Crippen LogP contribution in [0.15, 0.2) is 42.5 Å². The highest BCUT2D eigenvalue weighted by Crippen LogP contribution is 2.45. The average Bonchev–Trinajstić information content (AvgIpc) is 3.46. The number of hydrogen-bond donors (Lipinski definition) is 3. The van der Waals surface area contributed by atoms with Gasteiger partial charge < -0.3 is 15.7 Å². The van der Waals surface area contributed by atoms with Gasteiger partial charge in [0.1, 0.15) is 11.6 Å². The molecule has 1 amide bonds. The molecule has 1 saturated carbocycles. The lowest BCUT2D eigenvalue weighted by molar-refractivity contribution is -0.120. The van der Waals surface area contributed by atoms with E-state index in [1.807, 2.05) is 24.3 Å². The van der Waals surface area contributed by atoms with Gasteiger partial charge in [0.2, 0.25) is 5.91 Å². The first-order chi connectivity index (χ1) is 13.8. The molecule has 0 spiro atoms. The van der Waals surface area contributed by atoms with E-state index < -0.39 is 23.8 Å². The third-order valence-corrected chi connectivity index (χ3v) is 5.21.